The molecule has 2 aromatic heterocycles. The number of hydrogen-bond donors (Lipinski definition) is 1. The van der Waals surface area contributed by atoms with Gasteiger partial charge in [0, 0.05) is 26.8 Å². The Morgan fingerprint density at radius 1 is 1.00 bits per heavy atom. The van der Waals surface area contributed by atoms with E-state index in [1.54, 1.807) is 35.4 Å². The van der Waals surface area contributed by atoms with Gasteiger partial charge in [-0.15, -0.1) is 10.2 Å². The summed E-state index contributed by atoms with van der Waals surface area (Å²) in [7, 11) is 5.29. The summed E-state index contributed by atoms with van der Waals surface area (Å²) in [6, 6.07) is 11.5. The number of aryl methyl sites for hydroxylation is 4. The second-order valence-corrected chi connectivity index (χ2v) is 8.90. The molecule has 0 fully saturated rings. The molecule has 4 rings (SSSR count). The summed E-state index contributed by atoms with van der Waals surface area (Å²) >= 11 is 1.30. The molecule has 0 spiro atoms. The number of fused-ring (bicyclic) bond motifs is 1. The number of benzene rings is 2. The van der Waals surface area contributed by atoms with Gasteiger partial charge in [-0.3, -0.25) is 13.9 Å². The van der Waals surface area contributed by atoms with Crippen LogP contribution in [0.1, 0.15) is 17.0 Å². The van der Waals surface area contributed by atoms with Gasteiger partial charge in [-0.2, -0.15) is 0 Å². The molecule has 2 aromatic carbocycles. The van der Waals surface area contributed by atoms with Gasteiger partial charge in [0.05, 0.1) is 16.8 Å². The summed E-state index contributed by atoms with van der Waals surface area (Å²) < 4.78 is 10.9. The first-order chi connectivity index (χ1) is 15.7. The minimum atomic E-state index is -0.170. The van der Waals surface area contributed by atoms with Crippen LogP contribution in [0.25, 0.3) is 11.0 Å². The zero-order chi connectivity index (χ0) is 23.7. The number of amides is 1. The largest absolute Gasteiger partial charge is 0.485 e. The van der Waals surface area contributed by atoms with E-state index in [4.69, 9.17) is 4.74 Å². The Bertz CT molecular complexity index is 1400. The molecule has 0 bridgehead atoms. The number of carbonyl (C=O) groups excluding carboxylic acids is 1. The number of thioether (sulfide) groups is 1. The van der Waals surface area contributed by atoms with Gasteiger partial charge < -0.3 is 14.6 Å². The third kappa shape index (κ3) is 4.65. The second kappa shape index (κ2) is 9.14. The minimum absolute atomic E-state index is 0.108. The Balaban J connectivity index is 1.36. The summed E-state index contributed by atoms with van der Waals surface area (Å²) in [4.78, 5) is 24.6. The van der Waals surface area contributed by atoms with Crippen molar-refractivity contribution >= 4 is 34.4 Å². The average molecular weight is 467 g/mol. The maximum Gasteiger partial charge on any atom is 0.328 e. The van der Waals surface area contributed by atoms with Crippen molar-refractivity contribution in [3.63, 3.8) is 0 Å². The van der Waals surface area contributed by atoms with Crippen molar-refractivity contribution in [3.05, 3.63) is 63.8 Å². The average Bonchev–Trinajstić information content (AvgIpc) is 3.25. The molecule has 4 aromatic rings. The normalized spacial score (nSPS) is 11.2. The molecule has 0 saturated heterocycles. The van der Waals surface area contributed by atoms with Crippen LogP contribution in [-0.4, -0.2) is 35.6 Å². The van der Waals surface area contributed by atoms with E-state index in [2.05, 4.69) is 15.5 Å². The van der Waals surface area contributed by atoms with E-state index in [1.165, 1.54) is 11.8 Å². The van der Waals surface area contributed by atoms with Gasteiger partial charge in [0.2, 0.25) is 5.91 Å². The summed E-state index contributed by atoms with van der Waals surface area (Å²) in [6.07, 6.45) is 0. The van der Waals surface area contributed by atoms with Crippen molar-refractivity contribution < 1.29 is 9.53 Å². The quantitative estimate of drug-likeness (QED) is 0.421. The molecule has 1 N–H and O–H groups in total. The van der Waals surface area contributed by atoms with Crippen molar-refractivity contribution in [2.24, 2.45) is 21.1 Å². The van der Waals surface area contributed by atoms with Gasteiger partial charge in [-0.25, -0.2) is 4.79 Å². The molecule has 0 aliphatic carbocycles. The summed E-state index contributed by atoms with van der Waals surface area (Å²) in [5.74, 6) is 1.50. The number of rotatable bonds is 7. The van der Waals surface area contributed by atoms with E-state index in [9.17, 15) is 9.59 Å². The van der Waals surface area contributed by atoms with Crippen LogP contribution in [0.3, 0.4) is 0 Å². The zero-order valence-electron chi connectivity index (χ0n) is 19.2. The Kier molecular flexibility index (Phi) is 6.28. The maximum absolute atomic E-state index is 12.5. The van der Waals surface area contributed by atoms with Crippen LogP contribution in [0.15, 0.2) is 46.3 Å². The minimum Gasteiger partial charge on any atom is -0.485 e. The topological polar surface area (TPSA) is 96.0 Å². The lowest BCUT2D eigenvalue weighted by atomic mass is 10.1. The highest BCUT2D eigenvalue weighted by atomic mass is 32.2. The highest BCUT2D eigenvalue weighted by molar-refractivity contribution is 7.99. The van der Waals surface area contributed by atoms with E-state index in [0.29, 0.717) is 16.7 Å². The smallest absolute Gasteiger partial charge is 0.328 e. The van der Waals surface area contributed by atoms with Crippen LogP contribution in [0.2, 0.25) is 0 Å². The number of carbonyl (C=O) groups is 1. The van der Waals surface area contributed by atoms with E-state index < -0.39 is 0 Å². The van der Waals surface area contributed by atoms with Crippen LogP contribution in [0, 0.1) is 13.8 Å². The highest BCUT2D eigenvalue weighted by Gasteiger charge is 2.14. The molecule has 1 amide bonds. The molecule has 172 valence electrons. The molecule has 0 radical (unpaired) electrons. The molecular weight excluding hydrogens is 440 g/mol. The van der Waals surface area contributed by atoms with Gasteiger partial charge in [0.15, 0.2) is 11.0 Å². The van der Waals surface area contributed by atoms with Crippen molar-refractivity contribution in [2.45, 2.75) is 25.6 Å². The van der Waals surface area contributed by atoms with Crippen LogP contribution < -0.4 is 15.7 Å². The van der Waals surface area contributed by atoms with Gasteiger partial charge in [0.25, 0.3) is 0 Å². The molecular formula is C23H26N6O3S. The third-order valence-electron chi connectivity index (χ3n) is 5.51. The van der Waals surface area contributed by atoms with Gasteiger partial charge in [0.1, 0.15) is 12.4 Å². The number of ether oxygens (including phenoxy) is 1. The number of anilines is 1. The zero-order valence-corrected chi connectivity index (χ0v) is 20.1. The maximum atomic E-state index is 12.5. The molecule has 33 heavy (non-hydrogen) atoms. The molecule has 10 heteroatoms. The van der Waals surface area contributed by atoms with Crippen molar-refractivity contribution in [1.82, 2.24) is 23.9 Å². The molecule has 0 aliphatic heterocycles. The van der Waals surface area contributed by atoms with Gasteiger partial charge >= 0.3 is 5.69 Å². The SMILES string of the molecule is Cc1ccc(C)c(OCc2nnc(SCC(=O)Nc3ccc4c(c3)n(C)c(=O)n4C)n2C)c1. The summed E-state index contributed by atoms with van der Waals surface area (Å²) in [6.45, 7) is 4.31. The van der Waals surface area contributed by atoms with E-state index in [1.807, 2.05) is 49.7 Å². The lowest BCUT2D eigenvalue weighted by molar-refractivity contribution is -0.113. The van der Waals surface area contributed by atoms with Crippen molar-refractivity contribution in [2.75, 3.05) is 11.1 Å². The first-order valence-electron chi connectivity index (χ1n) is 10.4. The third-order valence-corrected chi connectivity index (χ3v) is 6.53. The Hall–Kier alpha value is -3.53. The molecule has 0 aliphatic rings. The molecule has 0 atom stereocenters. The number of nitrogens with zero attached hydrogens (tertiary/aromatic N) is 5. The molecule has 9 nitrogen and oxygen atoms in total. The molecule has 0 unspecified atom stereocenters. The molecule has 2 heterocycles. The number of nitrogens with one attached hydrogen (secondary N) is 1. The fraction of sp³-hybridized carbons (Fsp3) is 0.304. The predicted molar refractivity (Wildman–Crippen MR) is 129 cm³/mol. The van der Waals surface area contributed by atoms with Crippen LogP contribution in [0.5, 0.6) is 5.75 Å². The van der Waals surface area contributed by atoms with Crippen molar-refractivity contribution in [3.8, 4) is 5.75 Å². The number of hydrogen-bond acceptors (Lipinski definition) is 6. The van der Waals surface area contributed by atoms with Crippen LogP contribution >= 0.6 is 11.8 Å². The first-order valence-corrected chi connectivity index (χ1v) is 11.4. The first kappa shape index (κ1) is 22.7. The summed E-state index contributed by atoms with van der Waals surface area (Å²) in [5.41, 5.74) is 4.28. The van der Waals surface area contributed by atoms with E-state index in [-0.39, 0.29) is 24.0 Å². The standard InChI is InChI=1S/C23H26N6O3S/c1-14-6-7-15(2)19(10-14)32-12-20-25-26-22(29(20)5)33-13-21(30)24-16-8-9-17-18(11-16)28(4)23(31)27(17)3/h6-11H,12-13H2,1-5H3,(H,24,30). The van der Waals surface area contributed by atoms with Crippen molar-refractivity contribution in [1.29, 1.82) is 0 Å². The van der Waals surface area contributed by atoms with Gasteiger partial charge in [-0.05, 0) is 49.2 Å². The second-order valence-electron chi connectivity index (χ2n) is 7.96. The Labute approximate surface area is 195 Å². The van der Waals surface area contributed by atoms with Crippen LogP contribution in [0.4, 0.5) is 5.69 Å². The number of aromatic nitrogens is 5. The fourth-order valence-corrected chi connectivity index (χ4v) is 4.24. The van der Waals surface area contributed by atoms with E-state index >= 15 is 0 Å². The Morgan fingerprint density at radius 2 is 1.76 bits per heavy atom. The van der Waals surface area contributed by atoms with Gasteiger partial charge in [-0.1, -0.05) is 23.9 Å². The highest BCUT2D eigenvalue weighted by Crippen LogP contribution is 2.22. The lowest BCUT2D eigenvalue weighted by Gasteiger charge is -2.10. The molecule has 0 saturated carbocycles. The number of imidazole rings is 1. The summed E-state index contributed by atoms with van der Waals surface area (Å²) in [5, 5.41) is 11.9. The monoisotopic (exact) mass is 466 g/mol. The fourth-order valence-electron chi connectivity index (χ4n) is 3.51. The van der Waals surface area contributed by atoms with E-state index in [0.717, 1.165) is 27.9 Å². The predicted octanol–water partition coefficient (Wildman–Crippen LogP) is 2.93. The lowest BCUT2D eigenvalue weighted by Crippen LogP contribution is -2.19. The van der Waals surface area contributed by atoms with Crippen LogP contribution in [-0.2, 0) is 32.5 Å². The Morgan fingerprint density at radius 3 is 2.55 bits per heavy atom.